The van der Waals surface area contributed by atoms with Crippen LogP contribution in [-0.2, 0) is 9.53 Å². The number of rotatable bonds is 6. The van der Waals surface area contributed by atoms with Crippen molar-refractivity contribution in [1.82, 2.24) is 0 Å². The Bertz CT molecular complexity index is 145. The van der Waals surface area contributed by atoms with Crippen molar-refractivity contribution >= 4 is 5.97 Å². The molecule has 1 unspecified atom stereocenters. The molecule has 0 heterocycles. The third kappa shape index (κ3) is 7.70. The minimum Gasteiger partial charge on any atom is -0.436 e. The summed E-state index contributed by atoms with van der Waals surface area (Å²) < 4.78 is 4.51. The van der Waals surface area contributed by atoms with Crippen molar-refractivity contribution in [1.29, 1.82) is 0 Å². The predicted molar refractivity (Wildman–Crippen MR) is 44.7 cm³/mol. The van der Waals surface area contributed by atoms with Gasteiger partial charge in [0.2, 0.25) is 6.29 Å². The molecule has 0 fully saturated rings. The van der Waals surface area contributed by atoms with Crippen LogP contribution in [0.2, 0.25) is 0 Å². The Morgan fingerprint density at radius 1 is 1.46 bits per heavy atom. The van der Waals surface area contributed by atoms with E-state index in [1.54, 1.807) is 0 Å². The molecule has 0 aliphatic rings. The predicted octanol–water partition coefficient (Wildman–Crippen LogP) is -0.609. The number of aliphatic hydroxyl groups excluding tert-OH is 3. The summed E-state index contributed by atoms with van der Waals surface area (Å²) in [7, 11) is 0. The van der Waals surface area contributed by atoms with E-state index in [-0.39, 0.29) is 19.4 Å². The highest BCUT2D eigenvalue weighted by molar-refractivity contribution is 5.69. The fourth-order valence-corrected chi connectivity index (χ4v) is 0.766. The molecule has 3 N–H and O–H groups in total. The normalized spacial score (nSPS) is 15.1. The Kier molecular flexibility index (Phi) is 6.48. The van der Waals surface area contributed by atoms with Crippen molar-refractivity contribution < 1.29 is 24.9 Å². The number of carbonyl (C=O) groups is 1. The van der Waals surface area contributed by atoms with Gasteiger partial charge in [-0.3, -0.25) is 4.79 Å². The van der Waals surface area contributed by atoms with Crippen LogP contribution in [0.1, 0.15) is 26.2 Å². The fourth-order valence-electron chi connectivity index (χ4n) is 0.766. The average Bonchev–Trinajstić information content (AvgIpc) is 1.98. The summed E-state index contributed by atoms with van der Waals surface area (Å²) in [6, 6.07) is 0. The van der Waals surface area contributed by atoms with Crippen LogP contribution in [0.3, 0.4) is 0 Å². The van der Waals surface area contributed by atoms with Gasteiger partial charge in [-0.2, -0.15) is 0 Å². The molecular weight excluding hydrogens is 176 g/mol. The number of hydrogen-bond acceptors (Lipinski definition) is 5. The molecule has 0 rings (SSSR count). The van der Waals surface area contributed by atoms with Crippen LogP contribution in [0.5, 0.6) is 0 Å². The van der Waals surface area contributed by atoms with Crippen LogP contribution in [0, 0.1) is 0 Å². The van der Waals surface area contributed by atoms with Crippen LogP contribution in [-0.4, -0.2) is 40.3 Å². The zero-order chi connectivity index (χ0) is 10.3. The van der Waals surface area contributed by atoms with Gasteiger partial charge in [-0.25, -0.2) is 0 Å². The maximum Gasteiger partial charge on any atom is 0.310 e. The van der Waals surface area contributed by atoms with Crippen molar-refractivity contribution in [2.75, 3.05) is 6.61 Å². The van der Waals surface area contributed by atoms with Crippen LogP contribution in [0.15, 0.2) is 0 Å². The molecule has 0 spiro atoms. The fraction of sp³-hybridized carbons (Fsp3) is 0.875. The van der Waals surface area contributed by atoms with Crippen LogP contribution in [0.4, 0.5) is 0 Å². The lowest BCUT2D eigenvalue weighted by Crippen LogP contribution is -2.20. The Morgan fingerprint density at radius 3 is 2.54 bits per heavy atom. The lowest BCUT2D eigenvalue weighted by atomic mass is 10.3. The molecule has 2 atom stereocenters. The van der Waals surface area contributed by atoms with E-state index in [0.717, 1.165) is 0 Å². The first kappa shape index (κ1) is 12.3. The summed E-state index contributed by atoms with van der Waals surface area (Å²) in [4.78, 5) is 10.8. The Balaban J connectivity index is 3.53. The molecule has 0 amide bonds. The molecule has 0 aromatic heterocycles. The maximum atomic E-state index is 10.8. The number of hydrogen-bond donors (Lipinski definition) is 3. The Morgan fingerprint density at radius 2 is 2.08 bits per heavy atom. The minimum atomic E-state index is -1.18. The van der Waals surface area contributed by atoms with Crippen molar-refractivity contribution in [3.05, 3.63) is 0 Å². The average molecular weight is 192 g/mol. The quantitative estimate of drug-likeness (QED) is 0.386. The first-order valence-corrected chi connectivity index (χ1v) is 4.22. The third-order valence-corrected chi connectivity index (χ3v) is 1.34. The minimum absolute atomic E-state index is 0.0506. The monoisotopic (exact) mass is 192 g/mol. The van der Waals surface area contributed by atoms with Gasteiger partial charge in [-0.1, -0.05) is 0 Å². The maximum absolute atomic E-state index is 10.8. The summed E-state index contributed by atoms with van der Waals surface area (Å²) in [5.41, 5.74) is 0. The molecule has 0 aromatic rings. The first-order chi connectivity index (χ1) is 6.06. The molecule has 0 saturated carbocycles. The zero-order valence-corrected chi connectivity index (χ0v) is 7.64. The van der Waals surface area contributed by atoms with Gasteiger partial charge in [0, 0.05) is 13.0 Å². The van der Waals surface area contributed by atoms with E-state index in [4.69, 9.17) is 15.3 Å². The van der Waals surface area contributed by atoms with Crippen LogP contribution in [0.25, 0.3) is 0 Å². The molecule has 5 nitrogen and oxygen atoms in total. The molecule has 13 heavy (non-hydrogen) atoms. The van der Waals surface area contributed by atoms with E-state index in [1.807, 2.05) is 0 Å². The number of ether oxygens (including phenoxy) is 1. The van der Waals surface area contributed by atoms with Gasteiger partial charge in [0.1, 0.15) is 0 Å². The van der Waals surface area contributed by atoms with Gasteiger partial charge in [0.15, 0.2) is 0 Å². The lowest BCUT2D eigenvalue weighted by molar-refractivity contribution is -0.170. The molecular formula is C8H16O5. The van der Waals surface area contributed by atoms with E-state index in [2.05, 4.69) is 4.74 Å². The first-order valence-electron chi connectivity index (χ1n) is 4.22. The Labute approximate surface area is 77.0 Å². The second kappa shape index (κ2) is 6.82. The van der Waals surface area contributed by atoms with Gasteiger partial charge in [-0.15, -0.1) is 0 Å². The van der Waals surface area contributed by atoms with Crippen molar-refractivity contribution in [3.8, 4) is 0 Å². The lowest BCUT2D eigenvalue weighted by Gasteiger charge is -2.11. The molecule has 0 aliphatic carbocycles. The highest BCUT2D eigenvalue weighted by Gasteiger charge is 2.12. The van der Waals surface area contributed by atoms with Crippen LogP contribution < -0.4 is 0 Å². The van der Waals surface area contributed by atoms with Gasteiger partial charge >= 0.3 is 5.97 Å². The van der Waals surface area contributed by atoms with Gasteiger partial charge in [0.05, 0.1) is 12.5 Å². The van der Waals surface area contributed by atoms with Crippen molar-refractivity contribution in [2.45, 2.75) is 38.6 Å². The van der Waals surface area contributed by atoms with Crippen LogP contribution >= 0.6 is 0 Å². The molecule has 0 aliphatic heterocycles. The van der Waals surface area contributed by atoms with E-state index < -0.39 is 18.4 Å². The highest BCUT2D eigenvalue weighted by atomic mass is 16.6. The zero-order valence-electron chi connectivity index (χ0n) is 7.64. The summed E-state index contributed by atoms with van der Waals surface area (Å²) in [6.45, 7) is 1.41. The van der Waals surface area contributed by atoms with Crippen molar-refractivity contribution in [2.24, 2.45) is 0 Å². The summed E-state index contributed by atoms with van der Waals surface area (Å²) in [6.07, 6.45) is -1.49. The standard InChI is InChI=1S/C8H16O5/c1-6(10)5-8(12)13-7(11)3-2-4-9/h6-7,9-11H,2-5H2,1H3/t6-,7?/m1/s1. The summed E-state index contributed by atoms with van der Waals surface area (Å²) in [5, 5.41) is 26.2. The second-order valence-corrected chi connectivity index (χ2v) is 2.86. The van der Waals surface area contributed by atoms with E-state index in [9.17, 15) is 4.79 Å². The third-order valence-electron chi connectivity index (χ3n) is 1.34. The topological polar surface area (TPSA) is 87.0 Å². The highest BCUT2D eigenvalue weighted by Crippen LogP contribution is 2.01. The Hall–Kier alpha value is -0.650. The van der Waals surface area contributed by atoms with Gasteiger partial charge < -0.3 is 20.1 Å². The van der Waals surface area contributed by atoms with E-state index in [0.29, 0.717) is 6.42 Å². The molecule has 0 aromatic carbocycles. The summed E-state index contributed by atoms with van der Waals surface area (Å²) in [5.74, 6) is -0.638. The molecule has 5 heteroatoms. The van der Waals surface area contributed by atoms with E-state index >= 15 is 0 Å². The number of aliphatic hydroxyl groups is 3. The molecule has 0 saturated heterocycles. The van der Waals surface area contributed by atoms with Gasteiger partial charge in [-0.05, 0) is 13.3 Å². The number of carbonyl (C=O) groups excluding carboxylic acids is 1. The van der Waals surface area contributed by atoms with Gasteiger partial charge in [0.25, 0.3) is 0 Å². The largest absolute Gasteiger partial charge is 0.436 e. The number of esters is 1. The SMILES string of the molecule is C[C@@H](O)CC(=O)OC(O)CCCO. The molecule has 78 valence electrons. The molecule has 0 bridgehead atoms. The summed E-state index contributed by atoms with van der Waals surface area (Å²) >= 11 is 0. The second-order valence-electron chi connectivity index (χ2n) is 2.86. The van der Waals surface area contributed by atoms with Crippen molar-refractivity contribution in [3.63, 3.8) is 0 Å². The van der Waals surface area contributed by atoms with E-state index in [1.165, 1.54) is 6.92 Å². The molecule has 0 radical (unpaired) electrons. The smallest absolute Gasteiger partial charge is 0.310 e.